The molecule has 1 heterocycles. The highest BCUT2D eigenvalue weighted by molar-refractivity contribution is 4.92. The number of piperazine rings is 1. The minimum absolute atomic E-state index is 0.728. The molecule has 2 fully saturated rings. The van der Waals surface area contributed by atoms with Crippen molar-refractivity contribution >= 4 is 0 Å². The maximum absolute atomic E-state index is 3.74. The Morgan fingerprint density at radius 2 is 1.80 bits per heavy atom. The fraction of sp³-hybridized carbons (Fsp3) is 1.00. The van der Waals surface area contributed by atoms with Crippen LogP contribution in [0, 0.1) is 5.92 Å². The third-order valence-corrected chi connectivity index (χ3v) is 5.58. The maximum atomic E-state index is 3.74. The van der Waals surface area contributed by atoms with Gasteiger partial charge >= 0.3 is 0 Å². The summed E-state index contributed by atoms with van der Waals surface area (Å²) in [5.74, 6) is 0.905. The van der Waals surface area contributed by atoms with Crippen LogP contribution in [0.2, 0.25) is 0 Å². The third-order valence-electron chi connectivity index (χ3n) is 5.58. The van der Waals surface area contributed by atoms with Gasteiger partial charge in [-0.05, 0) is 45.1 Å². The van der Waals surface area contributed by atoms with Crippen LogP contribution in [-0.2, 0) is 0 Å². The van der Waals surface area contributed by atoms with Gasteiger partial charge in [0.25, 0.3) is 0 Å². The van der Waals surface area contributed by atoms with Crippen molar-refractivity contribution in [1.29, 1.82) is 0 Å². The molecular formula is C17H35N3. The Labute approximate surface area is 126 Å². The number of nitrogens with zero attached hydrogens (tertiary/aromatic N) is 2. The van der Waals surface area contributed by atoms with Crippen LogP contribution in [0.3, 0.4) is 0 Å². The lowest BCUT2D eigenvalue weighted by molar-refractivity contribution is 0.0369. The zero-order valence-corrected chi connectivity index (χ0v) is 14.1. The van der Waals surface area contributed by atoms with Crippen molar-refractivity contribution in [3.63, 3.8) is 0 Å². The van der Waals surface area contributed by atoms with E-state index in [0.29, 0.717) is 0 Å². The molecule has 3 heteroatoms. The average Bonchev–Trinajstić information content (AvgIpc) is 2.48. The Bertz CT molecular complexity index is 273. The van der Waals surface area contributed by atoms with E-state index in [4.69, 9.17) is 0 Å². The fourth-order valence-electron chi connectivity index (χ4n) is 4.02. The standard InChI is InChI=1S/C17H35N3/c1-5-15(4)19-9-11-20(12-10-19)17-13-14(3)7-8-16(17)18-6-2/h14-18H,5-13H2,1-4H3. The molecule has 0 spiro atoms. The van der Waals surface area contributed by atoms with E-state index in [1.54, 1.807) is 0 Å². The van der Waals surface area contributed by atoms with Crippen LogP contribution >= 0.6 is 0 Å². The minimum Gasteiger partial charge on any atom is -0.313 e. The summed E-state index contributed by atoms with van der Waals surface area (Å²) in [6.45, 7) is 15.5. The number of hydrogen-bond acceptors (Lipinski definition) is 3. The molecule has 1 aliphatic carbocycles. The predicted octanol–water partition coefficient (Wildman–Crippen LogP) is 2.57. The lowest BCUT2D eigenvalue weighted by Gasteiger charge is -2.46. The van der Waals surface area contributed by atoms with Gasteiger partial charge in [0.1, 0.15) is 0 Å². The molecule has 1 N–H and O–H groups in total. The van der Waals surface area contributed by atoms with Gasteiger partial charge in [-0.25, -0.2) is 0 Å². The Hall–Kier alpha value is -0.120. The van der Waals surface area contributed by atoms with E-state index in [9.17, 15) is 0 Å². The molecule has 118 valence electrons. The molecule has 2 aliphatic rings. The maximum Gasteiger partial charge on any atom is 0.0252 e. The molecule has 0 radical (unpaired) electrons. The van der Waals surface area contributed by atoms with Gasteiger partial charge in [0.2, 0.25) is 0 Å². The van der Waals surface area contributed by atoms with E-state index in [-0.39, 0.29) is 0 Å². The van der Waals surface area contributed by atoms with Crippen molar-refractivity contribution in [1.82, 2.24) is 15.1 Å². The molecule has 4 atom stereocenters. The van der Waals surface area contributed by atoms with Gasteiger partial charge in [0.15, 0.2) is 0 Å². The summed E-state index contributed by atoms with van der Waals surface area (Å²) in [6.07, 6.45) is 5.44. The summed E-state index contributed by atoms with van der Waals surface area (Å²) in [4.78, 5) is 5.45. The van der Waals surface area contributed by atoms with E-state index in [0.717, 1.165) is 30.6 Å². The molecule has 4 unspecified atom stereocenters. The Morgan fingerprint density at radius 3 is 2.40 bits per heavy atom. The Kier molecular flexibility index (Phi) is 6.31. The molecule has 3 nitrogen and oxygen atoms in total. The average molecular weight is 281 g/mol. The van der Waals surface area contributed by atoms with Crippen LogP contribution in [0.1, 0.15) is 53.4 Å². The largest absolute Gasteiger partial charge is 0.313 e. The fourth-order valence-corrected chi connectivity index (χ4v) is 4.02. The summed E-state index contributed by atoms with van der Waals surface area (Å²) < 4.78 is 0. The normalized spacial score (nSPS) is 35.1. The number of hydrogen-bond donors (Lipinski definition) is 1. The van der Waals surface area contributed by atoms with Crippen LogP contribution in [0.5, 0.6) is 0 Å². The van der Waals surface area contributed by atoms with Crippen LogP contribution in [-0.4, -0.2) is 60.6 Å². The first-order valence-corrected chi connectivity index (χ1v) is 8.87. The van der Waals surface area contributed by atoms with E-state index in [1.807, 2.05) is 0 Å². The van der Waals surface area contributed by atoms with Gasteiger partial charge in [0.05, 0.1) is 0 Å². The summed E-state index contributed by atoms with van der Waals surface area (Å²) in [5, 5.41) is 3.74. The van der Waals surface area contributed by atoms with Gasteiger partial charge < -0.3 is 5.32 Å². The smallest absolute Gasteiger partial charge is 0.0252 e. The molecule has 1 saturated carbocycles. The van der Waals surface area contributed by atoms with E-state index < -0.39 is 0 Å². The van der Waals surface area contributed by atoms with E-state index >= 15 is 0 Å². The zero-order valence-electron chi connectivity index (χ0n) is 14.1. The Morgan fingerprint density at radius 1 is 1.10 bits per heavy atom. The lowest BCUT2D eigenvalue weighted by Crippen LogP contribution is -2.59. The second kappa shape index (κ2) is 7.77. The van der Waals surface area contributed by atoms with Gasteiger partial charge in [-0.3, -0.25) is 9.80 Å². The zero-order chi connectivity index (χ0) is 14.5. The number of nitrogens with one attached hydrogen (secondary N) is 1. The Balaban J connectivity index is 1.89. The van der Waals surface area contributed by atoms with Crippen LogP contribution in [0.15, 0.2) is 0 Å². The third kappa shape index (κ3) is 3.96. The van der Waals surface area contributed by atoms with Crippen molar-refractivity contribution in [2.75, 3.05) is 32.7 Å². The van der Waals surface area contributed by atoms with Crippen LogP contribution in [0.4, 0.5) is 0 Å². The summed E-state index contributed by atoms with van der Waals surface area (Å²) >= 11 is 0. The number of rotatable bonds is 5. The second-order valence-corrected chi connectivity index (χ2v) is 6.98. The first-order chi connectivity index (χ1) is 9.65. The first kappa shape index (κ1) is 16.3. The topological polar surface area (TPSA) is 18.5 Å². The lowest BCUT2D eigenvalue weighted by atomic mass is 9.82. The number of likely N-dealkylation sites (N-methyl/N-ethyl adjacent to an activating group) is 1. The van der Waals surface area contributed by atoms with Crippen molar-refractivity contribution < 1.29 is 0 Å². The van der Waals surface area contributed by atoms with Crippen molar-refractivity contribution in [3.05, 3.63) is 0 Å². The summed E-state index contributed by atoms with van der Waals surface area (Å²) in [7, 11) is 0. The molecule has 0 aromatic rings. The molecular weight excluding hydrogens is 246 g/mol. The summed E-state index contributed by atoms with van der Waals surface area (Å²) in [5.41, 5.74) is 0. The highest BCUT2D eigenvalue weighted by atomic mass is 15.3. The predicted molar refractivity (Wildman–Crippen MR) is 87.2 cm³/mol. The summed E-state index contributed by atoms with van der Waals surface area (Å²) in [6, 6.07) is 2.26. The minimum atomic E-state index is 0.728. The van der Waals surface area contributed by atoms with Crippen LogP contribution < -0.4 is 5.32 Å². The van der Waals surface area contributed by atoms with Crippen molar-refractivity contribution in [3.8, 4) is 0 Å². The molecule has 0 aromatic heterocycles. The van der Waals surface area contributed by atoms with E-state index in [2.05, 4.69) is 42.8 Å². The quantitative estimate of drug-likeness (QED) is 0.835. The SMILES string of the molecule is CCNC1CCC(C)CC1N1CCN(C(C)CC)CC1. The van der Waals surface area contributed by atoms with Gasteiger partial charge in [-0.1, -0.05) is 20.8 Å². The van der Waals surface area contributed by atoms with E-state index in [1.165, 1.54) is 51.9 Å². The second-order valence-electron chi connectivity index (χ2n) is 6.98. The monoisotopic (exact) mass is 281 g/mol. The molecule has 1 saturated heterocycles. The van der Waals surface area contributed by atoms with Crippen molar-refractivity contribution in [2.45, 2.75) is 71.5 Å². The highest BCUT2D eigenvalue weighted by Gasteiger charge is 2.34. The van der Waals surface area contributed by atoms with Gasteiger partial charge in [-0.2, -0.15) is 0 Å². The molecule has 20 heavy (non-hydrogen) atoms. The molecule has 0 amide bonds. The van der Waals surface area contributed by atoms with Crippen LogP contribution in [0.25, 0.3) is 0 Å². The molecule has 0 aromatic carbocycles. The van der Waals surface area contributed by atoms with Crippen molar-refractivity contribution in [2.24, 2.45) is 5.92 Å². The van der Waals surface area contributed by atoms with Gasteiger partial charge in [-0.15, -0.1) is 0 Å². The van der Waals surface area contributed by atoms with Gasteiger partial charge in [0, 0.05) is 44.3 Å². The first-order valence-electron chi connectivity index (χ1n) is 8.87. The molecule has 2 rings (SSSR count). The molecule has 1 aliphatic heterocycles. The molecule has 0 bridgehead atoms. The highest BCUT2D eigenvalue weighted by Crippen LogP contribution is 2.28.